The van der Waals surface area contributed by atoms with Gasteiger partial charge in [-0.3, -0.25) is 0 Å². The van der Waals surface area contributed by atoms with E-state index in [1.54, 1.807) is 12.1 Å². The van der Waals surface area contributed by atoms with Gasteiger partial charge < -0.3 is 19.0 Å². The van der Waals surface area contributed by atoms with Crippen molar-refractivity contribution in [2.75, 3.05) is 13.2 Å². The summed E-state index contributed by atoms with van der Waals surface area (Å²) in [7, 11) is 0. The maximum atomic E-state index is 12.0. The molecule has 1 saturated carbocycles. The zero-order valence-electron chi connectivity index (χ0n) is 16.1. The van der Waals surface area contributed by atoms with Gasteiger partial charge in [-0.05, 0) is 56.1 Å². The number of hydrogen-bond donors (Lipinski definition) is 0. The fraction of sp³-hybridized carbons (Fsp3) is 0.565. The molecule has 2 fully saturated rings. The van der Waals surface area contributed by atoms with Crippen LogP contribution >= 0.6 is 0 Å². The maximum Gasteiger partial charge on any atom is 0.338 e. The predicted octanol–water partition coefficient (Wildman–Crippen LogP) is 3.93. The van der Waals surface area contributed by atoms with Gasteiger partial charge in [-0.15, -0.1) is 0 Å². The minimum atomic E-state index is -0.286. The molecule has 4 rings (SSSR count). The van der Waals surface area contributed by atoms with Gasteiger partial charge in [0.05, 0.1) is 18.3 Å². The van der Waals surface area contributed by atoms with E-state index in [2.05, 4.69) is 6.08 Å². The Morgan fingerprint density at radius 2 is 2.07 bits per heavy atom. The lowest BCUT2D eigenvalue weighted by Gasteiger charge is -2.28. The van der Waals surface area contributed by atoms with Crippen LogP contribution in [0.5, 0.6) is 0 Å². The molecule has 2 aliphatic carbocycles. The van der Waals surface area contributed by atoms with Crippen molar-refractivity contribution in [2.45, 2.75) is 50.9 Å². The fourth-order valence-electron chi connectivity index (χ4n) is 4.78. The molecule has 1 aromatic rings. The molecule has 28 heavy (non-hydrogen) atoms. The van der Waals surface area contributed by atoms with Crippen molar-refractivity contribution in [2.24, 2.45) is 17.8 Å². The number of hydrogen-bond acceptors (Lipinski definition) is 5. The normalized spacial score (nSPS) is 31.9. The number of ether oxygens (including phenoxy) is 3. The molecular formula is C23H28O5. The second-order valence-corrected chi connectivity index (χ2v) is 8.03. The number of carbonyl (C=O) groups excluding carboxylic acids is 2. The van der Waals surface area contributed by atoms with E-state index in [-0.39, 0.29) is 24.3 Å². The van der Waals surface area contributed by atoms with Gasteiger partial charge in [0.2, 0.25) is 0 Å². The van der Waals surface area contributed by atoms with Crippen LogP contribution in [0.2, 0.25) is 0 Å². The van der Waals surface area contributed by atoms with E-state index in [0.29, 0.717) is 24.0 Å². The second-order valence-electron chi connectivity index (χ2n) is 8.03. The van der Waals surface area contributed by atoms with Gasteiger partial charge in [0.15, 0.2) is 6.29 Å². The van der Waals surface area contributed by atoms with Crippen LogP contribution in [0.4, 0.5) is 0 Å². The zero-order chi connectivity index (χ0) is 19.3. The van der Waals surface area contributed by atoms with Crippen LogP contribution in [-0.2, 0) is 19.0 Å². The summed E-state index contributed by atoms with van der Waals surface area (Å²) in [6.07, 6.45) is 8.80. The molecule has 5 atom stereocenters. The molecule has 0 amide bonds. The molecule has 0 radical (unpaired) electrons. The van der Waals surface area contributed by atoms with Gasteiger partial charge in [0, 0.05) is 18.9 Å². The van der Waals surface area contributed by atoms with Crippen LogP contribution in [0.25, 0.3) is 0 Å². The van der Waals surface area contributed by atoms with Crippen molar-refractivity contribution in [3.05, 3.63) is 47.5 Å². The van der Waals surface area contributed by atoms with Crippen LogP contribution in [0.3, 0.4) is 0 Å². The summed E-state index contributed by atoms with van der Waals surface area (Å²) in [5, 5.41) is 0. The number of allylic oxidation sites excluding steroid dienone is 1. The first-order valence-electron chi connectivity index (χ1n) is 10.4. The van der Waals surface area contributed by atoms with Crippen LogP contribution in [0.15, 0.2) is 42.0 Å². The quantitative estimate of drug-likeness (QED) is 0.405. The summed E-state index contributed by atoms with van der Waals surface area (Å²) in [6, 6.07) is 9.04. The molecule has 5 heteroatoms. The van der Waals surface area contributed by atoms with E-state index in [9.17, 15) is 9.59 Å². The average molecular weight is 384 g/mol. The van der Waals surface area contributed by atoms with Crippen LogP contribution < -0.4 is 0 Å². The first-order valence-corrected chi connectivity index (χ1v) is 10.4. The van der Waals surface area contributed by atoms with Gasteiger partial charge in [0.1, 0.15) is 6.29 Å². The Morgan fingerprint density at radius 3 is 2.82 bits per heavy atom. The van der Waals surface area contributed by atoms with Gasteiger partial charge in [-0.25, -0.2) is 4.79 Å². The molecular weight excluding hydrogens is 356 g/mol. The molecule has 5 nitrogen and oxygen atoms in total. The molecule has 1 aromatic carbocycles. The predicted molar refractivity (Wildman–Crippen MR) is 104 cm³/mol. The van der Waals surface area contributed by atoms with Gasteiger partial charge in [-0.2, -0.15) is 0 Å². The van der Waals surface area contributed by atoms with Crippen molar-refractivity contribution >= 4 is 12.3 Å². The summed E-state index contributed by atoms with van der Waals surface area (Å²) >= 11 is 0. The molecule has 0 aromatic heterocycles. The van der Waals surface area contributed by atoms with Gasteiger partial charge >= 0.3 is 5.97 Å². The number of fused-ring (bicyclic) bond motifs is 1. The highest BCUT2D eigenvalue weighted by atomic mass is 16.7. The lowest BCUT2D eigenvalue weighted by Crippen LogP contribution is -2.32. The third-order valence-electron chi connectivity index (χ3n) is 6.21. The Labute approximate surface area is 166 Å². The summed E-state index contributed by atoms with van der Waals surface area (Å²) in [4.78, 5) is 23.8. The minimum Gasteiger partial charge on any atom is -0.462 e. The fourth-order valence-corrected chi connectivity index (χ4v) is 4.78. The Kier molecular flexibility index (Phi) is 6.23. The van der Waals surface area contributed by atoms with Crippen molar-refractivity contribution in [3.8, 4) is 0 Å². The van der Waals surface area contributed by atoms with Crippen molar-refractivity contribution in [3.63, 3.8) is 0 Å². The summed E-state index contributed by atoms with van der Waals surface area (Å²) in [5.74, 6) is 0.330. The van der Waals surface area contributed by atoms with E-state index in [0.717, 1.165) is 51.4 Å². The largest absolute Gasteiger partial charge is 0.462 e. The molecule has 1 aliphatic heterocycles. The molecule has 3 aliphatic rings. The lowest BCUT2D eigenvalue weighted by atomic mass is 9.90. The first-order chi connectivity index (χ1) is 13.7. The molecule has 1 heterocycles. The molecule has 1 saturated heterocycles. The number of esters is 1. The van der Waals surface area contributed by atoms with E-state index in [1.807, 2.05) is 18.2 Å². The Hall–Kier alpha value is -1.98. The average Bonchev–Trinajstić information content (AvgIpc) is 3.26. The Morgan fingerprint density at radius 1 is 1.21 bits per heavy atom. The topological polar surface area (TPSA) is 61.8 Å². The highest BCUT2D eigenvalue weighted by Crippen LogP contribution is 2.48. The Balaban J connectivity index is 1.27. The number of benzene rings is 1. The summed E-state index contributed by atoms with van der Waals surface area (Å²) in [6.45, 7) is 1.13. The summed E-state index contributed by atoms with van der Waals surface area (Å²) in [5.41, 5.74) is 1.86. The van der Waals surface area contributed by atoms with E-state index in [4.69, 9.17) is 14.2 Å². The lowest BCUT2D eigenvalue weighted by molar-refractivity contribution is -0.194. The summed E-state index contributed by atoms with van der Waals surface area (Å²) < 4.78 is 17.2. The van der Waals surface area contributed by atoms with Crippen LogP contribution in [0, 0.1) is 17.8 Å². The van der Waals surface area contributed by atoms with E-state index < -0.39 is 0 Å². The second kappa shape index (κ2) is 9.01. The zero-order valence-corrected chi connectivity index (χ0v) is 16.1. The van der Waals surface area contributed by atoms with Crippen molar-refractivity contribution in [1.29, 1.82) is 0 Å². The van der Waals surface area contributed by atoms with Gasteiger partial charge in [0.25, 0.3) is 0 Å². The Bertz CT molecular complexity index is 707. The van der Waals surface area contributed by atoms with Crippen molar-refractivity contribution in [1.82, 2.24) is 0 Å². The number of aldehydes is 1. The van der Waals surface area contributed by atoms with Crippen LogP contribution in [-0.4, -0.2) is 37.9 Å². The van der Waals surface area contributed by atoms with E-state index in [1.165, 1.54) is 5.57 Å². The third kappa shape index (κ3) is 4.36. The number of carbonyl (C=O) groups is 2. The first kappa shape index (κ1) is 19.3. The van der Waals surface area contributed by atoms with E-state index >= 15 is 0 Å². The smallest absolute Gasteiger partial charge is 0.338 e. The molecule has 150 valence electrons. The molecule has 0 N–H and O–H groups in total. The monoisotopic (exact) mass is 384 g/mol. The SMILES string of the molecule is O=C[C@H]1[C@@H]2CC(CCOC(=O)c3ccccc3)=C[C@@H]2C[C@@H]1OC1CCCCO1. The number of rotatable bonds is 7. The van der Waals surface area contributed by atoms with Crippen molar-refractivity contribution < 1.29 is 23.8 Å². The molecule has 0 spiro atoms. The standard InChI is InChI=1S/C23H28O5/c24-15-20-19-13-16(9-11-27-23(25)17-6-2-1-3-7-17)12-18(19)14-21(20)28-22-8-4-5-10-26-22/h1-3,6-7,12,15,18-22H,4-5,8-11,13-14H2/t18-,19-,20+,21+,22?/m1/s1. The highest BCUT2D eigenvalue weighted by Gasteiger charge is 2.46. The van der Waals surface area contributed by atoms with Crippen LogP contribution in [0.1, 0.15) is 48.9 Å². The minimum absolute atomic E-state index is 0.0377. The molecule has 0 bridgehead atoms. The van der Waals surface area contributed by atoms with Gasteiger partial charge in [-0.1, -0.05) is 29.8 Å². The maximum absolute atomic E-state index is 12.0. The third-order valence-corrected chi connectivity index (χ3v) is 6.21. The highest BCUT2D eigenvalue weighted by molar-refractivity contribution is 5.89. The molecule has 1 unspecified atom stereocenters.